The van der Waals surface area contributed by atoms with Crippen LogP contribution in [0.15, 0.2) is 33.2 Å². The van der Waals surface area contributed by atoms with E-state index in [1.165, 1.54) is 11.1 Å². The van der Waals surface area contributed by atoms with Gasteiger partial charge < -0.3 is 0 Å². The maximum atomic E-state index is 3.45. The third-order valence-corrected chi connectivity index (χ3v) is 2.67. The summed E-state index contributed by atoms with van der Waals surface area (Å²) in [5.41, 5.74) is 2.54. The molecule has 0 radical (unpaired) electrons. The van der Waals surface area contributed by atoms with Gasteiger partial charge in [-0.05, 0) is 43.2 Å². The molecular formula is C10H10Br2. The van der Waals surface area contributed by atoms with Crippen molar-refractivity contribution in [3.8, 4) is 0 Å². The Labute approximate surface area is 89.9 Å². The van der Waals surface area contributed by atoms with E-state index in [1.807, 2.05) is 13.0 Å². The smallest absolute Gasteiger partial charge is 0.0192 e. The first-order valence-electron chi connectivity index (χ1n) is 3.73. The number of benzene rings is 1. The highest BCUT2D eigenvalue weighted by atomic mass is 79.9. The lowest BCUT2D eigenvalue weighted by Gasteiger charge is -2.02. The molecule has 0 aliphatic heterocycles. The third kappa shape index (κ3) is 2.46. The van der Waals surface area contributed by atoms with E-state index in [0.29, 0.717) is 0 Å². The maximum Gasteiger partial charge on any atom is 0.0192 e. The summed E-state index contributed by atoms with van der Waals surface area (Å²) in [6.07, 6.45) is 2.11. The monoisotopic (exact) mass is 288 g/mol. The molecule has 0 saturated heterocycles. The third-order valence-electron chi connectivity index (χ3n) is 1.75. The number of hydrogen-bond donors (Lipinski definition) is 0. The first-order valence-corrected chi connectivity index (χ1v) is 5.31. The van der Waals surface area contributed by atoms with Gasteiger partial charge in [-0.15, -0.1) is 0 Å². The van der Waals surface area contributed by atoms with Crippen LogP contribution in [0.2, 0.25) is 0 Å². The zero-order valence-electron chi connectivity index (χ0n) is 7.07. The molecule has 1 aromatic carbocycles. The minimum atomic E-state index is 1.10. The van der Waals surface area contributed by atoms with Crippen LogP contribution in [0.3, 0.4) is 0 Å². The van der Waals surface area contributed by atoms with E-state index in [2.05, 4.69) is 57.0 Å². The molecule has 64 valence electrons. The molecule has 0 amide bonds. The van der Waals surface area contributed by atoms with E-state index in [-0.39, 0.29) is 0 Å². The highest BCUT2D eigenvalue weighted by Gasteiger charge is 1.97. The fraction of sp³-hybridized carbons (Fsp3) is 0.200. The molecule has 0 spiro atoms. The molecule has 0 aliphatic carbocycles. The molecule has 0 saturated carbocycles. The van der Waals surface area contributed by atoms with Gasteiger partial charge in [0.2, 0.25) is 0 Å². The lowest BCUT2D eigenvalue weighted by Crippen LogP contribution is -1.79. The van der Waals surface area contributed by atoms with Crippen LogP contribution in [-0.2, 0) is 0 Å². The topological polar surface area (TPSA) is 0 Å². The van der Waals surface area contributed by atoms with Gasteiger partial charge in [-0.2, -0.15) is 0 Å². The fourth-order valence-electron chi connectivity index (χ4n) is 0.948. The van der Waals surface area contributed by atoms with Gasteiger partial charge in [-0.3, -0.25) is 0 Å². The molecule has 2 heteroatoms. The van der Waals surface area contributed by atoms with E-state index in [1.54, 1.807) is 0 Å². The molecule has 0 fully saturated rings. The number of rotatable bonds is 1. The van der Waals surface area contributed by atoms with Crippen molar-refractivity contribution in [1.29, 1.82) is 0 Å². The highest BCUT2D eigenvalue weighted by molar-refractivity contribution is 9.11. The SMILES string of the molecule is C/C=C(\C)c1cc(Br)cc(Br)c1. The first kappa shape index (κ1) is 10.0. The molecule has 0 N–H and O–H groups in total. The Bertz CT molecular complexity index is 293. The second kappa shape index (κ2) is 4.24. The Hall–Kier alpha value is -0.0800. The molecule has 0 atom stereocenters. The lowest BCUT2D eigenvalue weighted by molar-refractivity contribution is 1.50. The molecule has 0 aromatic heterocycles. The minimum Gasteiger partial charge on any atom is -0.0841 e. The summed E-state index contributed by atoms with van der Waals surface area (Å²) in [6, 6.07) is 6.26. The van der Waals surface area contributed by atoms with Gasteiger partial charge in [0.15, 0.2) is 0 Å². The molecule has 0 heterocycles. The Kier molecular flexibility index (Phi) is 3.53. The van der Waals surface area contributed by atoms with E-state index in [4.69, 9.17) is 0 Å². The van der Waals surface area contributed by atoms with E-state index in [9.17, 15) is 0 Å². The van der Waals surface area contributed by atoms with Crippen LogP contribution in [0.5, 0.6) is 0 Å². The van der Waals surface area contributed by atoms with Gasteiger partial charge >= 0.3 is 0 Å². The molecule has 0 unspecified atom stereocenters. The predicted molar refractivity (Wildman–Crippen MR) is 61.2 cm³/mol. The second-order valence-electron chi connectivity index (χ2n) is 2.63. The maximum absolute atomic E-state index is 3.45. The van der Waals surface area contributed by atoms with Crippen molar-refractivity contribution in [2.45, 2.75) is 13.8 Å². The van der Waals surface area contributed by atoms with Gasteiger partial charge in [-0.1, -0.05) is 37.9 Å². The summed E-state index contributed by atoms with van der Waals surface area (Å²) in [4.78, 5) is 0. The largest absolute Gasteiger partial charge is 0.0841 e. The first-order chi connectivity index (χ1) is 5.63. The van der Waals surface area contributed by atoms with E-state index < -0.39 is 0 Å². The van der Waals surface area contributed by atoms with Crippen molar-refractivity contribution in [3.05, 3.63) is 38.8 Å². The number of hydrogen-bond acceptors (Lipinski definition) is 0. The van der Waals surface area contributed by atoms with Gasteiger partial charge in [0.05, 0.1) is 0 Å². The standard InChI is InChI=1S/C10H10Br2/c1-3-7(2)8-4-9(11)6-10(12)5-8/h3-6H,1-2H3/b7-3+. The number of allylic oxidation sites excluding steroid dienone is 2. The molecule has 1 aromatic rings. The molecular weight excluding hydrogens is 280 g/mol. The average molecular weight is 290 g/mol. The quantitative estimate of drug-likeness (QED) is 0.707. The van der Waals surface area contributed by atoms with Gasteiger partial charge in [-0.25, -0.2) is 0 Å². The second-order valence-corrected chi connectivity index (χ2v) is 4.46. The van der Waals surface area contributed by atoms with Gasteiger partial charge in [0.25, 0.3) is 0 Å². The summed E-state index contributed by atoms with van der Waals surface area (Å²) in [5, 5.41) is 0. The number of halogens is 2. The van der Waals surface area contributed by atoms with Crippen molar-refractivity contribution in [1.82, 2.24) is 0 Å². The average Bonchev–Trinajstić information content (AvgIpc) is 2.01. The zero-order chi connectivity index (χ0) is 9.14. The van der Waals surface area contributed by atoms with Gasteiger partial charge in [0.1, 0.15) is 0 Å². The molecule has 0 bridgehead atoms. The van der Waals surface area contributed by atoms with E-state index >= 15 is 0 Å². The Morgan fingerprint density at radius 3 is 2.08 bits per heavy atom. The summed E-state index contributed by atoms with van der Waals surface area (Å²) in [6.45, 7) is 4.15. The fourth-order valence-corrected chi connectivity index (χ4v) is 2.24. The van der Waals surface area contributed by atoms with Crippen molar-refractivity contribution in [3.63, 3.8) is 0 Å². The van der Waals surface area contributed by atoms with Crippen LogP contribution < -0.4 is 0 Å². The summed E-state index contributed by atoms with van der Waals surface area (Å²) in [5.74, 6) is 0. The van der Waals surface area contributed by atoms with Crippen LogP contribution in [0.4, 0.5) is 0 Å². The molecule has 1 rings (SSSR count). The Balaban J connectivity index is 3.17. The normalized spacial score (nSPS) is 11.8. The summed E-state index contributed by atoms with van der Waals surface area (Å²) in [7, 11) is 0. The van der Waals surface area contributed by atoms with Crippen LogP contribution in [-0.4, -0.2) is 0 Å². The summed E-state index contributed by atoms with van der Waals surface area (Å²) < 4.78 is 2.21. The van der Waals surface area contributed by atoms with Crippen molar-refractivity contribution in [2.75, 3.05) is 0 Å². The van der Waals surface area contributed by atoms with Gasteiger partial charge in [0, 0.05) is 8.95 Å². The van der Waals surface area contributed by atoms with Crippen molar-refractivity contribution >= 4 is 37.4 Å². The minimum absolute atomic E-state index is 1.10. The summed E-state index contributed by atoms with van der Waals surface area (Å²) >= 11 is 6.91. The lowest BCUT2D eigenvalue weighted by atomic mass is 10.1. The van der Waals surface area contributed by atoms with Crippen LogP contribution in [0.1, 0.15) is 19.4 Å². The predicted octanol–water partition coefficient (Wildman–Crippen LogP) is 4.63. The van der Waals surface area contributed by atoms with Crippen molar-refractivity contribution < 1.29 is 0 Å². The van der Waals surface area contributed by atoms with Crippen LogP contribution in [0, 0.1) is 0 Å². The van der Waals surface area contributed by atoms with E-state index in [0.717, 1.165) is 8.95 Å². The van der Waals surface area contributed by atoms with Crippen LogP contribution >= 0.6 is 31.9 Å². The molecule has 0 aliphatic rings. The Morgan fingerprint density at radius 1 is 1.17 bits per heavy atom. The highest BCUT2D eigenvalue weighted by Crippen LogP contribution is 2.24. The molecule has 0 nitrogen and oxygen atoms in total. The van der Waals surface area contributed by atoms with Crippen molar-refractivity contribution in [2.24, 2.45) is 0 Å². The molecule has 12 heavy (non-hydrogen) atoms. The Morgan fingerprint density at radius 2 is 1.67 bits per heavy atom. The van der Waals surface area contributed by atoms with Crippen LogP contribution in [0.25, 0.3) is 5.57 Å². The zero-order valence-corrected chi connectivity index (χ0v) is 10.2.